The number of Topliss-reactive ketones (excluding diaryl/α,β-unsaturated/α-hetero) is 1. The summed E-state index contributed by atoms with van der Waals surface area (Å²) in [6, 6.07) is 2.05. The van der Waals surface area contributed by atoms with Crippen molar-refractivity contribution in [3.63, 3.8) is 0 Å². The fourth-order valence-electron chi connectivity index (χ4n) is 1.17. The number of hydrogen-bond acceptors (Lipinski definition) is 4. The second-order valence-electron chi connectivity index (χ2n) is 2.93. The summed E-state index contributed by atoms with van der Waals surface area (Å²) < 4.78 is 0. The van der Waals surface area contributed by atoms with Crippen LogP contribution in [0.15, 0.2) is 27.7 Å². The Labute approximate surface area is 90.2 Å². The Hall–Kier alpha value is -1.00. The van der Waals surface area contributed by atoms with E-state index in [1.165, 1.54) is 16.9 Å². The zero-order chi connectivity index (χ0) is 9.80. The molecule has 0 atom stereocenters. The molecule has 0 saturated heterocycles. The summed E-state index contributed by atoms with van der Waals surface area (Å²) in [4.78, 5) is 15.5. The minimum absolute atomic E-state index is 0.137. The molecule has 0 radical (unpaired) electrons. The molecule has 0 amide bonds. The highest BCUT2D eigenvalue weighted by atomic mass is 32.1. The molecule has 14 heavy (non-hydrogen) atoms. The van der Waals surface area contributed by atoms with E-state index in [0.717, 1.165) is 6.42 Å². The van der Waals surface area contributed by atoms with Crippen LogP contribution in [0.4, 0.5) is 0 Å². The van der Waals surface area contributed by atoms with Crippen LogP contribution in [-0.4, -0.2) is 10.8 Å². The van der Waals surface area contributed by atoms with Gasteiger partial charge in [-0.1, -0.05) is 0 Å². The molecule has 0 unspecified atom stereocenters. The first-order chi connectivity index (χ1) is 6.86. The number of thiophene rings is 1. The Kier molecular flexibility index (Phi) is 3.06. The maximum absolute atomic E-state index is 11.5. The van der Waals surface area contributed by atoms with Crippen molar-refractivity contribution < 1.29 is 4.79 Å². The van der Waals surface area contributed by atoms with Gasteiger partial charge in [0, 0.05) is 11.8 Å². The highest BCUT2D eigenvalue weighted by Crippen LogP contribution is 2.11. The lowest BCUT2D eigenvalue weighted by Crippen LogP contribution is -2.00. The monoisotopic (exact) mass is 223 g/mol. The van der Waals surface area contributed by atoms with E-state index >= 15 is 0 Å². The van der Waals surface area contributed by atoms with Gasteiger partial charge in [-0.2, -0.15) is 11.3 Å². The van der Waals surface area contributed by atoms with Gasteiger partial charge in [-0.3, -0.25) is 4.79 Å². The average molecular weight is 223 g/mol. The van der Waals surface area contributed by atoms with Crippen LogP contribution in [0.2, 0.25) is 0 Å². The molecule has 0 fully saturated rings. The van der Waals surface area contributed by atoms with Crippen molar-refractivity contribution in [2.75, 3.05) is 0 Å². The molecular weight excluding hydrogens is 214 g/mol. The second kappa shape index (κ2) is 4.48. The quantitative estimate of drug-likeness (QED) is 0.746. The lowest BCUT2D eigenvalue weighted by molar-refractivity contribution is 0.0979. The molecule has 72 valence electrons. The number of aryl methyl sites for hydroxylation is 1. The number of thiazole rings is 1. The van der Waals surface area contributed by atoms with Crippen molar-refractivity contribution in [2.45, 2.75) is 12.8 Å². The van der Waals surface area contributed by atoms with Crippen LogP contribution in [-0.2, 0) is 6.42 Å². The van der Waals surface area contributed by atoms with Crippen molar-refractivity contribution in [1.29, 1.82) is 0 Å². The van der Waals surface area contributed by atoms with Crippen LogP contribution in [0.1, 0.15) is 22.5 Å². The molecule has 0 aliphatic carbocycles. The summed E-state index contributed by atoms with van der Waals surface area (Å²) in [6.45, 7) is 0. The second-order valence-corrected chi connectivity index (χ2v) is 4.43. The molecule has 2 aromatic rings. The molecule has 0 bridgehead atoms. The molecule has 4 heteroatoms. The molecule has 0 aliphatic rings. The summed E-state index contributed by atoms with van der Waals surface area (Å²) in [5, 5.41) is 5.91. The van der Waals surface area contributed by atoms with Crippen LogP contribution in [0.3, 0.4) is 0 Å². The first-order valence-corrected chi connectivity index (χ1v) is 6.17. The fourth-order valence-corrected chi connectivity index (χ4v) is 2.43. The van der Waals surface area contributed by atoms with Crippen molar-refractivity contribution in [1.82, 2.24) is 4.98 Å². The number of nitrogens with zero attached hydrogens (tertiary/aromatic N) is 1. The lowest BCUT2D eigenvalue weighted by atomic mass is 10.1. The van der Waals surface area contributed by atoms with Gasteiger partial charge in [0.1, 0.15) is 5.69 Å². The zero-order valence-electron chi connectivity index (χ0n) is 7.47. The van der Waals surface area contributed by atoms with Gasteiger partial charge in [-0.15, -0.1) is 11.3 Å². The smallest absolute Gasteiger partial charge is 0.182 e. The van der Waals surface area contributed by atoms with Crippen LogP contribution in [0.5, 0.6) is 0 Å². The van der Waals surface area contributed by atoms with Gasteiger partial charge in [-0.25, -0.2) is 4.98 Å². The first kappa shape index (κ1) is 9.55. The third kappa shape index (κ3) is 2.27. The van der Waals surface area contributed by atoms with E-state index in [9.17, 15) is 4.79 Å². The number of hydrogen-bond donors (Lipinski definition) is 0. The van der Waals surface area contributed by atoms with Crippen molar-refractivity contribution in [2.24, 2.45) is 0 Å². The molecule has 0 N–H and O–H groups in total. The third-order valence-corrected chi connectivity index (χ3v) is 3.26. The van der Waals surface area contributed by atoms with Gasteiger partial charge >= 0.3 is 0 Å². The van der Waals surface area contributed by atoms with E-state index in [-0.39, 0.29) is 5.78 Å². The van der Waals surface area contributed by atoms with Crippen LogP contribution >= 0.6 is 22.7 Å². The Morgan fingerprint density at radius 2 is 2.29 bits per heavy atom. The predicted molar refractivity (Wildman–Crippen MR) is 59.1 cm³/mol. The molecule has 0 aliphatic heterocycles. The number of ketones is 1. The van der Waals surface area contributed by atoms with Crippen molar-refractivity contribution >= 4 is 28.5 Å². The summed E-state index contributed by atoms with van der Waals surface area (Å²) >= 11 is 3.13. The number of carbonyl (C=O) groups is 1. The predicted octanol–water partition coefficient (Wildman–Crippen LogP) is 3.02. The molecule has 2 nitrogen and oxygen atoms in total. The van der Waals surface area contributed by atoms with Gasteiger partial charge < -0.3 is 0 Å². The Bertz CT molecular complexity index is 392. The number of carbonyl (C=O) groups excluding carboxylic acids is 1. The minimum atomic E-state index is 0.137. The normalized spacial score (nSPS) is 10.3. The zero-order valence-corrected chi connectivity index (χ0v) is 9.11. The number of aromatic nitrogens is 1. The van der Waals surface area contributed by atoms with Crippen LogP contribution < -0.4 is 0 Å². The molecule has 0 spiro atoms. The van der Waals surface area contributed by atoms with Crippen molar-refractivity contribution in [3.8, 4) is 0 Å². The van der Waals surface area contributed by atoms with Gasteiger partial charge in [0.05, 0.1) is 5.51 Å². The lowest BCUT2D eigenvalue weighted by Gasteiger charge is -1.95. The summed E-state index contributed by atoms with van der Waals surface area (Å²) in [5.41, 5.74) is 3.53. The molecule has 2 heterocycles. The first-order valence-electron chi connectivity index (χ1n) is 4.29. The fraction of sp³-hybridized carbons (Fsp3) is 0.200. The van der Waals surface area contributed by atoms with Crippen LogP contribution in [0.25, 0.3) is 0 Å². The van der Waals surface area contributed by atoms with E-state index in [4.69, 9.17) is 0 Å². The van der Waals surface area contributed by atoms with Crippen molar-refractivity contribution in [3.05, 3.63) is 39.0 Å². The topological polar surface area (TPSA) is 30.0 Å². The summed E-state index contributed by atoms with van der Waals surface area (Å²) in [7, 11) is 0. The van der Waals surface area contributed by atoms with E-state index in [2.05, 4.69) is 16.4 Å². The Balaban J connectivity index is 1.90. The largest absolute Gasteiger partial charge is 0.292 e. The Morgan fingerprint density at radius 1 is 1.36 bits per heavy atom. The standard InChI is InChI=1S/C10H9NOS2/c12-10(9-6-14-7-11-9)2-1-8-3-4-13-5-8/h3-7H,1-2H2. The molecular formula is C10H9NOS2. The SMILES string of the molecule is O=C(CCc1ccsc1)c1cscn1. The summed E-state index contributed by atoms with van der Waals surface area (Å²) in [5.74, 6) is 0.137. The van der Waals surface area contributed by atoms with Gasteiger partial charge in [0.2, 0.25) is 0 Å². The molecule has 0 aromatic carbocycles. The maximum atomic E-state index is 11.5. The summed E-state index contributed by atoms with van der Waals surface area (Å²) in [6.07, 6.45) is 1.38. The Morgan fingerprint density at radius 3 is 2.93 bits per heavy atom. The minimum Gasteiger partial charge on any atom is -0.292 e. The van der Waals surface area contributed by atoms with Crippen LogP contribution in [0, 0.1) is 0 Å². The molecule has 0 saturated carbocycles. The van der Waals surface area contributed by atoms with Gasteiger partial charge in [-0.05, 0) is 28.8 Å². The molecule has 2 rings (SSSR count). The maximum Gasteiger partial charge on any atom is 0.182 e. The van der Waals surface area contributed by atoms with E-state index in [0.29, 0.717) is 12.1 Å². The van der Waals surface area contributed by atoms with Gasteiger partial charge in [0.15, 0.2) is 5.78 Å². The van der Waals surface area contributed by atoms with E-state index < -0.39 is 0 Å². The third-order valence-electron chi connectivity index (χ3n) is 1.94. The molecule has 2 aromatic heterocycles. The van der Waals surface area contributed by atoms with Gasteiger partial charge in [0.25, 0.3) is 0 Å². The van der Waals surface area contributed by atoms with E-state index in [1.807, 2.05) is 5.38 Å². The van der Waals surface area contributed by atoms with E-state index in [1.54, 1.807) is 22.2 Å². The average Bonchev–Trinajstić information content (AvgIpc) is 2.87. The number of rotatable bonds is 4. The highest BCUT2D eigenvalue weighted by molar-refractivity contribution is 7.08. The highest BCUT2D eigenvalue weighted by Gasteiger charge is 2.07.